The van der Waals surface area contributed by atoms with E-state index in [0.29, 0.717) is 25.9 Å². The number of nitrogens with one attached hydrogen (secondary N) is 1. The summed E-state index contributed by atoms with van der Waals surface area (Å²) in [6.07, 6.45) is 2.56. The van der Waals surface area contributed by atoms with E-state index in [9.17, 15) is 9.59 Å². The van der Waals surface area contributed by atoms with Crippen molar-refractivity contribution in [2.45, 2.75) is 38.1 Å². The zero-order valence-electron chi connectivity index (χ0n) is 16.8. The minimum Gasteiger partial charge on any atom is -0.496 e. The Morgan fingerprint density at radius 1 is 1.10 bits per heavy atom. The van der Waals surface area contributed by atoms with E-state index >= 15 is 0 Å². The number of hydrogen-bond acceptors (Lipinski definition) is 3. The van der Waals surface area contributed by atoms with Crippen LogP contribution in [0.3, 0.4) is 0 Å². The first-order valence-corrected chi connectivity index (χ1v) is 10.0. The Morgan fingerprint density at radius 2 is 1.86 bits per heavy atom. The molecule has 0 bridgehead atoms. The number of carboxylic acids is 1. The standard InChI is InChI=1S/C23H28N2O4/c1-29-21-9-5-8-18-12-14-25(15-13-20(18)21)23(28)24-19(10-11-22(26)27)16-17-6-3-2-4-7-17/h2-9,19H,10-16H2,1H3,(H,24,28)(H,26,27). The first-order valence-electron chi connectivity index (χ1n) is 10.0. The van der Waals surface area contributed by atoms with Crippen LogP contribution in [-0.2, 0) is 24.1 Å². The SMILES string of the molecule is COc1cccc2c1CCN(C(=O)NC(CCC(=O)O)Cc1ccccc1)CC2. The van der Waals surface area contributed by atoms with Gasteiger partial charge in [-0.2, -0.15) is 0 Å². The molecule has 29 heavy (non-hydrogen) atoms. The van der Waals surface area contributed by atoms with Gasteiger partial charge in [0, 0.05) is 25.6 Å². The lowest BCUT2D eigenvalue weighted by Gasteiger charge is -2.25. The number of methoxy groups -OCH3 is 1. The van der Waals surface area contributed by atoms with Crippen molar-refractivity contribution in [1.82, 2.24) is 10.2 Å². The summed E-state index contributed by atoms with van der Waals surface area (Å²) in [6, 6.07) is 15.5. The Labute approximate surface area is 171 Å². The van der Waals surface area contributed by atoms with Gasteiger partial charge in [0.2, 0.25) is 0 Å². The van der Waals surface area contributed by atoms with Crippen LogP contribution in [0.25, 0.3) is 0 Å². The van der Waals surface area contributed by atoms with Crippen molar-refractivity contribution in [3.8, 4) is 5.75 Å². The molecular formula is C23H28N2O4. The summed E-state index contributed by atoms with van der Waals surface area (Å²) in [5.41, 5.74) is 3.46. The highest BCUT2D eigenvalue weighted by molar-refractivity contribution is 5.75. The van der Waals surface area contributed by atoms with Crippen LogP contribution < -0.4 is 10.1 Å². The van der Waals surface area contributed by atoms with Crippen molar-refractivity contribution in [1.29, 1.82) is 0 Å². The molecule has 6 heteroatoms. The molecule has 0 fully saturated rings. The molecule has 2 aromatic carbocycles. The maximum atomic E-state index is 12.9. The third-order valence-electron chi connectivity index (χ3n) is 5.38. The number of aliphatic carboxylic acids is 1. The van der Waals surface area contributed by atoms with E-state index in [0.717, 1.165) is 29.7 Å². The van der Waals surface area contributed by atoms with Crippen molar-refractivity contribution >= 4 is 12.0 Å². The van der Waals surface area contributed by atoms with E-state index < -0.39 is 5.97 Å². The van der Waals surface area contributed by atoms with E-state index in [1.165, 1.54) is 5.56 Å². The lowest BCUT2D eigenvalue weighted by molar-refractivity contribution is -0.137. The summed E-state index contributed by atoms with van der Waals surface area (Å²) < 4.78 is 5.47. The van der Waals surface area contributed by atoms with Crippen LogP contribution in [0.15, 0.2) is 48.5 Å². The van der Waals surface area contributed by atoms with Gasteiger partial charge >= 0.3 is 12.0 Å². The zero-order valence-corrected chi connectivity index (χ0v) is 16.8. The monoisotopic (exact) mass is 396 g/mol. The molecule has 0 spiro atoms. The highest BCUT2D eigenvalue weighted by Gasteiger charge is 2.23. The highest BCUT2D eigenvalue weighted by atomic mass is 16.5. The number of urea groups is 1. The number of rotatable bonds is 7. The van der Waals surface area contributed by atoms with Gasteiger partial charge in [0.15, 0.2) is 0 Å². The maximum absolute atomic E-state index is 12.9. The van der Waals surface area contributed by atoms with Gasteiger partial charge in [0.05, 0.1) is 7.11 Å². The average molecular weight is 396 g/mol. The van der Waals surface area contributed by atoms with Gasteiger partial charge in [-0.15, -0.1) is 0 Å². The smallest absolute Gasteiger partial charge is 0.317 e. The Hall–Kier alpha value is -3.02. The van der Waals surface area contributed by atoms with Crippen LogP contribution in [0.5, 0.6) is 5.75 Å². The fourth-order valence-electron chi connectivity index (χ4n) is 3.82. The van der Waals surface area contributed by atoms with E-state index in [4.69, 9.17) is 9.84 Å². The van der Waals surface area contributed by atoms with Crippen molar-refractivity contribution in [2.75, 3.05) is 20.2 Å². The van der Waals surface area contributed by atoms with Gasteiger partial charge in [0.25, 0.3) is 0 Å². The van der Waals surface area contributed by atoms with Gasteiger partial charge in [-0.25, -0.2) is 4.79 Å². The van der Waals surface area contributed by atoms with Crippen LogP contribution in [-0.4, -0.2) is 48.2 Å². The average Bonchev–Trinajstić information content (AvgIpc) is 2.95. The second kappa shape index (κ2) is 9.96. The van der Waals surface area contributed by atoms with Gasteiger partial charge < -0.3 is 20.1 Å². The number of benzene rings is 2. The number of ether oxygens (including phenoxy) is 1. The summed E-state index contributed by atoms with van der Waals surface area (Å²) in [5, 5.41) is 12.1. The van der Waals surface area contributed by atoms with Crippen LogP contribution in [0, 0.1) is 0 Å². The fraction of sp³-hybridized carbons (Fsp3) is 0.391. The predicted molar refractivity (Wildman–Crippen MR) is 111 cm³/mol. The molecule has 0 aliphatic carbocycles. The number of amides is 2. The fourth-order valence-corrected chi connectivity index (χ4v) is 3.82. The highest BCUT2D eigenvalue weighted by Crippen LogP contribution is 2.26. The normalized spacial score (nSPS) is 14.4. The molecule has 6 nitrogen and oxygen atoms in total. The lowest BCUT2D eigenvalue weighted by atomic mass is 10.0. The third kappa shape index (κ3) is 5.73. The molecule has 2 amide bonds. The zero-order chi connectivity index (χ0) is 20.6. The number of carbonyl (C=O) groups excluding carboxylic acids is 1. The Bertz CT molecular complexity index is 838. The van der Waals surface area contributed by atoms with Crippen molar-refractivity contribution in [2.24, 2.45) is 0 Å². The van der Waals surface area contributed by atoms with Crippen LogP contribution >= 0.6 is 0 Å². The Morgan fingerprint density at radius 3 is 2.59 bits per heavy atom. The molecule has 0 saturated heterocycles. The summed E-state index contributed by atoms with van der Waals surface area (Å²) >= 11 is 0. The molecule has 154 valence electrons. The van der Waals surface area contributed by atoms with Crippen molar-refractivity contribution in [3.05, 3.63) is 65.2 Å². The number of hydrogen-bond donors (Lipinski definition) is 2. The third-order valence-corrected chi connectivity index (χ3v) is 5.38. The van der Waals surface area contributed by atoms with Gasteiger partial charge in [-0.1, -0.05) is 42.5 Å². The van der Waals surface area contributed by atoms with Gasteiger partial charge in [0.1, 0.15) is 5.75 Å². The predicted octanol–water partition coefficient (Wildman–Crippen LogP) is 3.28. The minimum atomic E-state index is -0.852. The molecule has 1 aliphatic rings. The summed E-state index contributed by atoms with van der Waals surface area (Å²) in [4.78, 5) is 25.8. The summed E-state index contributed by atoms with van der Waals surface area (Å²) in [5.74, 6) is 0.0165. The Kier molecular flexibility index (Phi) is 7.11. The quantitative estimate of drug-likeness (QED) is 0.753. The summed E-state index contributed by atoms with van der Waals surface area (Å²) in [7, 11) is 1.67. The molecule has 3 rings (SSSR count). The number of carboxylic acid groups (broad SMARTS) is 1. The van der Waals surface area contributed by atoms with Crippen LogP contribution in [0.1, 0.15) is 29.5 Å². The van der Waals surface area contributed by atoms with Crippen molar-refractivity contribution in [3.63, 3.8) is 0 Å². The molecule has 0 radical (unpaired) electrons. The maximum Gasteiger partial charge on any atom is 0.317 e. The minimum absolute atomic E-state index is 0.0282. The first kappa shape index (κ1) is 20.7. The molecule has 1 unspecified atom stereocenters. The largest absolute Gasteiger partial charge is 0.496 e. The molecular weight excluding hydrogens is 368 g/mol. The van der Waals surface area contributed by atoms with Crippen LogP contribution in [0.4, 0.5) is 4.79 Å². The molecule has 2 N–H and O–H groups in total. The lowest BCUT2D eigenvalue weighted by Crippen LogP contribution is -2.46. The molecule has 0 saturated carbocycles. The molecule has 1 atom stereocenters. The van der Waals surface area contributed by atoms with E-state index in [1.807, 2.05) is 47.4 Å². The second-order valence-corrected chi connectivity index (χ2v) is 7.35. The van der Waals surface area contributed by atoms with Gasteiger partial charge in [-0.05, 0) is 48.4 Å². The molecule has 1 aliphatic heterocycles. The Balaban J connectivity index is 1.65. The second-order valence-electron chi connectivity index (χ2n) is 7.35. The molecule has 1 heterocycles. The number of fused-ring (bicyclic) bond motifs is 1. The number of carbonyl (C=O) groups is 2. The number of nitrogens with zero attached hydrogens (tertiary/aromatic N) is 1. The van der Waals surface area contributed by atoms with Crippen LogP contribution in [0.2, 0.25) is 0 Å². The molecule has 0 aromatic heterocycles. The first-order chi connectivity index (χ1) is 14.1. The van der Waals surface area contributed by atoms with E-state index in [1.54, 1.807) is 7.11 Å². The summed E-state index contributed by atoms with van der Waals surface area (Å²) in [6.45, 7) is 1.24. The van der Waals surface area contributed by atoms with Crippen molar-refractivity contribution < 1.29 is 19.4 Å². The van der Waals surface area contributed by atoms with Gasteiger partial charge in [-0.3, -0.25) is 4.79 Å². The van der Waals surface area contributed by atoms with E-state index in [-0.39, 0.29) is 18.5 Å². The topological polar surface area (TPSA) is 78.9 Å². The van der Waals surface area contributed by atoms with E-state index in [2.05, 4.69) is 11.4 Å². The molecule has 2 aromatic rings.